The first-order chi connectivity index (χ1) is 16.1. The number of nitrogens with two attached hydrogens (primary N) is 1. The number of carbonyl (C=O) groups excluding carboxylic acids is 1. The Morgan fingerprint density at radius 2 is 1.76 bits per heavy atom. The maximum Gasteiger partial charge on any atom is 0.228 e. The third kappa shape index (κ3) is 5.52. The number of hydrogen-bond acceptors (Lipinski definition) is 4. The fraction of sp³-hybridized carbons (Fsp3) is 0.259. The third-order valence-electron chi connectivity index (χ3n) is 5.38. The molecule has 0 saturated heterocycles. The molecule has 6 heteroatoms. The fourth-order valence-corrected chi connectivity index (χ4v) is 3.70. The quantitative estimate of drug-likeness (QED) is 0.425. The summed E-state index contributed by atoms with van der Waals surface area (Å²) >= 11 is 0. The molecule has 6 nitrogen and oxygen atoms in total. The van der Waals surface area contributed by atoms with Crippen LogP contribution in [0.1, 0.15) is 32.0 Å². The Balaban J connectivity index is 0.00000149. The van der Waals surface area contributed by atoms with Crippen LogP contribution < -0.4 is 10.5 Å². The molecule has 2 heterocycles. The number of likely N-dealkylation sites (N-methyl/N-ethyl adjacent to an activating group) is 1. The second kappa shape index (κ2) is 11.2. The molecule has 0 unspecified atom stereocenters. The van der Waals surface area contributed by atoms with Crippen LogP contribution in [0.5, 0.6) is 5.75 Å². The molecule has 0 aliphatic carbocycles. The van der Waals surface area contributed by atoms with Gasteiger partial charge in [0, 0.05) is 36.6 Å². The van der Waals surface area contributed by atoms with Crippen LogP contribution in [0.15, 0.2) is 72.9 Å². The van der Waals surface area contributed by atoms with E-state index >= 15 is 0 Å². The molecule has 33 heavy (non-hydrogen) atoms. The largest absolute Gasteiger partial charge is 0.497 e. The molecule has 4 rings (SSSR count). The van der Waals surface area contributed by atoms with Gasteiger partial charge in [0.25, 0.3) is 0 Å². The lowest BCUT2D eigenvalue weighted by atomic mass is 10.1. The zero-order valence-electron chi connectivity index (χ0n) is 19.8. The van der Waals surface area contributed by atoms with Crippen molar-refractivity contribution in [2.75, 3.05) is 19.4 Å². The first-order valence-electron chi connectivity index (χ1n) is 11.3. The van der Waals surface area contributed by atoms with Crippen LogP contribution in [0.25, 0.3) is 16.9 Å². The summed E-state index contributed by atoms with van der Waals surface area (Å²) < 4.78 is 7.22. The lowest BCUT2D eigenvalue weighted by Gasteiger charge is -2.21. The van der Waals surface area contributed by atoms with Crippen molar-refractivity contribution in [2.24, 2.45) is 0 Å². The molecule has 1 amide bonds. The van der Waals surface area contributed by atoms with E-state index in [-0.39, 0.29) is 12.3 Å². The Kier molecular flexibility index (Phi) is 8.08. The number of imidazole rings is 1. The monoisotopic (exact) mass is 444 g/mol. The maximum absolute atomic E-state index is 13.3. The number of rotatable bonds is 7. The molecule has 0 aliphatic heterocycles. The predicted octanol–water partition coefficient (Wildman–Crippen LogP) is 5.21. The van der Waals surface area contributed by atoms with Crippen molar-refractivity contribution in [2.45, 2.75) is 33.7 Å². The van der Waals surface area contributed by atoms with Gasteiger partial charge in [-0.1, -0.05) is 44.2 Å². The van der Waals surface area contributed by atoms with Crippen molar-refractivity contribution in [3.05, 3.63) is 84.2 Å². The summed E-state index contributed by atoms with van der Waals surface area (Å²) in [7, 11) is 1.64. The van der Waals surface area contributed by atoms with Gasteiger partial charge in [-0.25, -0.2) is 4.98 Å². The van der Waals surface area contributed by atoms with Crippen LogP contribution in [0.3, 0.4) is 0 Å². The molecule has 0 bridgehead atoms. The van der Waals surface area contributed by atoms with Crippen molar-refractivity contribution >= 4 is 17.2 Å². The number of amides is 1. The zero-order chi connectivity index (χ0) is 23.8. The molecule has 0 atom stereocenters. The molecule has 0 saturated carbocycles. The highest BCUT2D eigenvalue weighted by molar-refractivity contribution is 5.82. The topological polar surface area (TPSA) is 72.9 Å². The number of nitrogen functional groups attached to an aromatic ring is 1. The van der Waals surface area contributed by atoms with Gasteiger partial charge in [0.2, 0.25) is 5.91 Å². The Labute approximate surface area is 195 Å². The minimum atomic E-state index is 0.0553. The summed E-state index contributed by atoms with van der Waals surface area (Å²) in [6, 6.07) is 21.4. The molecule has 2 N–H and O–H groups in total. The van der Waals surface area contributed by atoms with Crippen LogP contribution in [0.4, 0.5) is 5.69 Å². The second-order valence-electron chi connectivity index (χ2n) is 7.39. The number of pyridine rings is 1. The summed E-state index contributed by atoms with van der Waals surface area (Å²) in [5, 5.41) is 0. The molecule has 2 aromatic heterocycles. The van der Waals surface area contributed by atoms with E-state index in [1.807, 2.05) is 103 Å². The highest BCUT2D eigenvalue weighted by atomic mass is 16.5. The van der Waals surface area contributed by atoms with E-state index in [0.29, 0.717) is 18.8 Å². The molecule has 172 valence electrons. The van der Waals surface area contributed by atoms with Crippen molar-refractivity contribution in [1.29, 1.82) is 0 Å². The van der Waals surface area contributed by atoms with E-state index < -0.39 is 0 Å². The van der Waals surface area contributed by atoms with Gasteiger partial charge < -0.3 is 19.8 Å². The Morgan fingerprint density at radius 3 is 2.39 bits per heavy atom. The van der Waals surface area contributed by atoms with E-state index in [2.05, 4.69) is 0 Å². The number of methoxy groups -OCH3 is 1. The van der Waals surface area contributed by atoms with Crippen LogP contribution >= 0.6 is 0 Å². The average Bonchev–Trinajstić information content (AvgIpc) is 3.21. The normalized spacial score (nSPS) is 10.4. The van der Waals surface area contributed by atoms with Crippen molar-refractivity contribution in [1.82, 2.24) is 14.3 Å². The number of anilines is 1. The number of aromatic nitrogens is 2. The number of hydrogen-bond donors (Lipinski definition) is 1. The lowest BCUT2D eigenvalue weighted by molar-refractivity contribution is -0.130. The summed E-state index contributed by atoms with van der Waals surface area (Å²) in [5.41, 5.74) is 11.0. The van der Waals surface area contributed by atoms with Gasteiger partial charge >= 0.3 is 0 Å². The van der Waals surface area contributed by atoms with Gasteiger partial charge in [-0.3, -0.25) is 4.79 Å². The van der Waals surface area contributed by atoms with Crippen LogP contribution in [0, 0.1) is 0 Å². The van der Waals surface area contributed by atoms with Crippen LogP contribution in [0.2, 0.25) is 0 Å². The van der Waals surface area contributed by atoms with Crippen LogP contribution in [-0.2, 0) is 17.8 Å². The van der Waals surface area contributed by atoms with Gasteiger partial charge in [0.15, 0.2) is 0 Å². The average molecular weight is 445 g/mol. The smallest absolute Gasteiger partial charge is 0.228 e. The Hall–Kier alpha value is -3.80. The molecule has 0 fully saturated rings. The molecule has 0 aliphatic rings. The lowest BCUT2D eigenvalue weighted by Crippen LogP contribution is -2.32. The van der Waals surface area contributed by atoms with Gasteiger partial charge in [-0.15, -0.1) is 0 Å². The number of nitrogens with zero attached hydrogens (tertiary/aromatic N) is 3. The van der Waals surface area contributed by atoms with Gasteiger partial charge in [0.1, 0.15) is 11.4 Å². The van der Waals surface area contributed by atoms with Crippen molar-refractivity contribution < 1.29 is 9.53 Å². The molecule has 4 aromatic rings. The fourth-order valence-electron chi connectivity index (χ4n) is 3.70. The van der Waals surface area contributed by atoms with E-state index in [1.165, 1.54) is 0 Å². The minimum absolute atomic E-state index is 0.0553. The second-order valence-corrected chi connectivity index (χ2v) is 7.39. The highest BCUT2D eigenvalue weighted by Gasteiger charge is 2.20. The van der Waals surface area contributed by atoms with E-state index in [0.717, 1.165) is 33.9 Å². The van der Waals surface area contributed by atoms with Crippen molar-refractivity contribution in [3.8, 4) is 17.0 Å². The van der Waals surface area contributed by atoms with Crippen LogP contribution in [-0.4, -0.2) is 33.8 Å². The first kappa shape index (κ1) is 23.9. The van der Waals surface area contributed by atoms with E-state index in [1.54, 1.807) is 7.11 Å². The first-order valence-corrected chi connectivity index (χ1v) is 11.3. The van der Waals surface area contributed by atoms with Gasteiger partial charge in [0.05, 0.1) is 24.9 Å². The van der Waals surface area contributed by atoms with E-state index in [4.69, 9.17) is 15.5 Å². The Morgan fingerprint density at radius 1 is 1.06 bits per heavy atom. The maximum atomic E-state index is 13.3. The molecule has 0 radical (unpaired) electrons. The van der Waals surface area contributed by atoms with Crippen molar-refractivity contribution in [3.63, 3.8) is 0 Å². The Bertz CT molecular complexity index is 1180. The van der Waals surface area contributed by atoms with Gasteiger partial charge in [-0.2, -0.15) is 0 Å². The molecular weight excluding hydrogens is 412 g/mol. The number of ether oxygens (including phenoxy) is 1. The van der Waals surface area contributed by atoms with E-state index in [9.17, 15) is 4.79 Å². The van der Waals surface area contributed by atoms with Gasteiger partial charge in [-0.05, 0) is 42.8 Å². The molecule has 2 aromatic carbocycles. The summed E-state index contributed by atoms with van der Waals surface area (Å²) in [6.45, 7) is 7.22. The molecular formula is C27H32N4O2. The number of fused-ring (bicyclic) bond motifs is 1. The predicted molar refractivity (Wildman–Crippen MR) is 134 cm³/mol. The highest BCUT2D eigenvalue weighted by Crippen LogP contribution is 2.28. The minimum Gasteiger partial charge on any atom is -0.497 e. The number of benzene rings is 2. The summed E-state index contributed by atoms with van der Waals surface area (Å²) in [6.07, 6.45) is 2.12. The molecule has 0 spiro atoms. The standard InChI is InChI=1S/C25H26N4O2.C2H6/c1-3-28(17-18-7-5-4-6-8-18)24(30)16-22-25(19-9-11-21(31-2)12-10-19)27-23-15-20(26)13-14-29(22)23;1-2/h4-15H,3,16-17,26H2,1-2H3;1-2H3. The summed E-state index contributed by atoms with van der Waals surface area (Å²) in [5.74, 6) is 0.828. The SMILES string of the molecule is CC.CCN(Cc1ccccc1)C(=O)Cc1c(-c2ccc(OC)cc2)nc2cc(N)ccn12. The number of carbonyl (C=O) groups is 1. The summed E-state index contributed by atoms with van der Waals surface area (Å²) in [4.78, 5) is 19.9. The third-order valence-corrected chi connectivity index (χ3v) is 5.38. The zero-order valence-corrected chi connectivity index (χ0v) is 19.8.